The molecule has 0 aliphatic rings. The van der Waals surface area contributed by atoms with E-state index in [1.165, 1.54) is 6.07 Å². The van der Waals surface area contributed by atoms with Crippen LogP contribution in [0.5, 0.6) is 5.75 Å². The van der Waals surface area contributed by atoms with E-state index in [9.17, 15) is 8.78 Å². The minimum absolute atomic E-state index is 0.0596. The van der Waals surface area contributed by atoms with Crippen molar-refractivity contribution in [2.45, 2.75) is 6.61 Å². The van der Waals surface area contributed by atoms with E-state index in [1.54, 1.807) is 30.3 Å². The Kier molecular flexibility index (Phi) is 2.69. The van der Waals surface area contributed by atoms with Gasteiger partial charge < -0.3 is 4.74 Å². The first-order valence-corrected chi connectivity index (χ1v) is 4.59. The van der Waals surface area contributed by atoms with Crippen LogP contribution in [-0.2, 0) is 0 Å². The number of rotatable bonds is 2. The Morgan fingerprint density at radius 2 is 1.88 bits per heavy atom. The van der Waals surface area contributed by atoms with Crippen molar-refractivity contribution < 1.29 is 13.5 Å². The van der Waals surface area contributed by atoms with Crippen molar-refractivity contribution in [3.05, 3.63) is 42.0 Å². The zero-order valence-electron chi connectivity index (χ0n) is 8.15. The van der Waals surface area contributed by atoms with Crippen LogP contribution >= 0.6 is 0 Å². The second-order valence-corrected chi connectivity index (χ2v) is 3.15. The third-order valence-electron chi connectivity index (χ3n) is 2.21. The average molecular weight is 219 g/mol. The Hall–Kier alpha value is -2.15. The van der Waals surface area contributed by atoms with Gasteiger partial charge in [-0.05, 0) is 11.5 Å². The van der Waals surface area contributed by atoms with E-state index in [2.05, 4.69) is 4.74 Å². The minimum Gasteiger partial charge on any atom is -0.433 e. The van der Waals surface area contributed by atoms with Crippen molar-refractivity contribution >= 4 is 10.8 Å². The standard InChI is InChI=1S/C12H7F2NO/c13-12(14)16-11-9(7-15)6-5-8-3-1-2-4-10(8)11/h1-6,12H. The van der Waals surface area contributed by atoms with Crippen molar-refractivity contribution in [3.8, 4) is 11.8 Å². The molecule has 2 rings (SSSR count). The topological polar surface area (TPSA) is 33.0 Å². The molecule has 0 heterocycles. The molecular formula is C12H7F2NO. The van der Waals surface area contributed by atoms with Gasteiger partial charge in [0.1, 0.15) is 6.07 Å². The van der Waals surface area contributed by atoms with E-state index in [-0.39, 0.29) is 11.3 Å². The Morgan fingerprint density at radius 1 is 1.12 bits per heavy atom. The normalized spacial score (nSPS) is 10.4. The van der Waals surface area contributed by atoms with Gasteiger partial charge in [0.2, 0.25) is 0 Å². The SMILES string of the molecule is N#Cc1ccc2ccccc2c1OC(F)F. The molecule has 0 saturated heterocycles. The summed E-state index contributed by atoms with van der Waals surface area (Å²) < 4.78 is 28.9. The van der Waals surface area contributed by atoms with Gasteiger partial charge >= 0.3 is 6.61 Å². The number of ether oxygens (including phenoxy) is 1. The molecule has 0 amide bonds. The van der Waals surface area contributed by atoms with Gasteiger partial charge in [0.25, 0.3) is 0 Å². The van der Waals surface area contributed by atoms with Crippen LogP contribution in [0.3, 0.4) is 0 Å². The maximum atomic E-state index is 12.2. The Bertz CT molecular complexity index is 560. The van der Waals surface area contributed by atoms with E-state index in [1.807, 2.05) is 6.07 Å². The number of nitrogens with zero attached hydrogens (tertiary/aromatic N) is 1. The molecule has 0 aromatic heterocycles. The summed E-state index contributed by atoms with van der Waals surface area (Å²) in [6.45, 7) is -2.93. The molecule has 4 heteroatoms. The summed E-state index contributed by atoms with van der Waals surface area (Å²) >= 11 is 0. The third kappa shape index (κ3) is 1.80. The van der Waals surface area contributed by atoms with E-state index in [4.69, 9.17) is 5.26 Å². The molecule has 0 aliphatic heterocycles. The zero-order valence-corrected chi connectivity index (χ0v) is 8.15. The summed E-state index contributed by atoms with van der Waals surface area (Å²) in [6, 6.07) is 11.9. The first-order chi connectivity index (χ1) is 7.72. The van der Waals surface area contributed by atoms with Crippen molar-refractivity contribution in [2.24, 2.45) is 0 Å². The van der Waals surface area contributed by atoms with Gasteiger partial charge in [0, 0.05) is 5.39 Å². The largest absolute Gasteiger partial charge is 0.433 e. The van der Waals surface area contributed by atoms with Crippen LogP contribution in [0.2, 0.25) is 0 Å². The van der Waals surface area contributed by atoms with Crippen molar-refractivity contribution in [2.75, 3.05) is 0 Å². The van der Waals surface area contributed by atoms with Crippen LogP contribution in [-0.4, -0.2) is 6.61 Å². The molecule has 0 spiro atoms. The lowest BCUT2D eigenvalue weighted by molar-refractivity contribution is -0.0489. The number of fused-ring (bicyclic) bond motifs is 1. The van der Waals surface area contributed by atoms with Crippen LogP contribution in [0, 0.1) is 11.3 Å². The molecule has 2 nitrogen and oxygen atoms in total. The Balaban J connectivity index is 2.69. The second kappa shape index (κ2) is 4.15. The molecule has 2 aromatic rings. The molecule has 0 radical (unpaired) electrons. The van der Waals surface area contributed by atoms with Crippen LogP contribution in [0.15, 0.2) is 36.4 Å². The first kappa shape index (κ1) is 10.4. The molecule has 16 heavy (non-hydrogen) atoms. The first-order valence-electron chi connectivity index (χ1n) is 4.59. The molecule has 2 aromatic carbocycles. The fourth-order valence-corrected chi connectivity index (χ4v) is 1.55. The van der Waals surface area contributed by atoms with Crippen LogP contribution in [0.1, 0.15) is 5.56 Å². The summed E-state index contributed by atoms with van der Waals surface area (Å²) in [5, 5.41) is 10.1. The summed E-state index contributed by atoms with van der Waals surface area (Å²) in [6.07, 6.45) is 0. The van der Waals surface area contributed by atoms with E-state index < -0.39 is 6.61 Å². The summed E-state index contributed by atoms with van der Waals surface area (Å²) in [7, 11) is 0. The Labute approximate surface area is 90.7 Å². The highest BCUT2D eigenvalue weighted by Crippen LogP contribution is 2.30. The third-order valence-corrected chi connectivity index (χ3v) is 2.21. The monoisotopic (exact) mass is 219 g/mol. The maximum Gasteiger partial charge on any atom is 0.387 e. The molecule has 0 fully saturated rings. The van der Waals surface area contributed by atoms with Crippen molar-refractivity contribution in [3.63, 3.8) is 0 Å². The van der Waals surface area contributed by atoms with E-state index in [0.29, 0.717) is 5.39 Å². The summed E-state index contributed by atoms with van der Waals surface area (Å²) in [5.74, 6) is -0.0596. The number of hydrogen-bond donors (Lipinski definition) is 0. The second-order valence-electron chi connectivity index (χ2n) is 3.15. The lowest BCUT2D eigenvalue weighted by atomic mass is 10.1. The van der Waals surface area contributed by atoms with Crippen LogP contribution in [0.25, 0.3) is 10.8 Å². The van der Waals surface area contributed by atoms with E-state index >= 15 is 0 Å². The quantitative estimate of drug-likeness (QED) is 0.776. The molecule has 0 unspecified atom stereocenters. The van der Waals surface area contributed by atoms with Crippen LogP contribution in [0.4, 0.5) is 8.78 Å². The van der Waals surface area contributed by atoms with Gasteiger partial charge in [-0.3, -0.25) is 0 Å². The van der Waals surface area contributed by atoms with Gasteiger partial charge in [-0.15, -0.1) is 0 Å². The van der Waals surface area contributed by atoms with Gasteiger partial charge in [-0.1, -0.05) is 30.3 Å². The lowest BCUT2D eigenvalue weighted by Gasteiger charge is -2.09. The summed E-state index contributed by atoms with van der Waals surface area (Å²) in [5.41, 5.74) is 0.110. The molecule has 0 aliphatic carbocycles. The minimum atomic E-state index is -2.93. The number of hydrogen-bond acceptors (Lipinski definition) is 2. The number of alkyl halides is 2. The fourth-order valence-electron chi connectivity index (χ4n) is 1.55. The van der Waals surface area contributed by atoms with Gasteiger partial charge in [-0.25, -0.2) is 0 Å². The molecule has 0 atom stereocenters. The van der Waals surface area contributed by atoms with Gasteiger partial charge in [-0.2, -0.15) is 14.0 Å². The molecule has 0 N–H and O–H groups in total. The van der Waals surface area contributed by atoms with Gasteiger partial charge in [0.05, 0.1) is 5.56 Å². The molecule has 0 bridgehead atoms. The lowest BCUT2D eigenvalue weighted by Crippen LogP contribution is -2.04. The predicted molar refractivity (Wildman–Crippen MR) is 55.3 cm³/mol. The highest BCUT2D eigenvalue weighted by molar-refractivity contribution is 5.90. The Morgan fingerprint density at radius 3 is 2.56 bits per heavy atom. The fraction of sp³-hybridized carbons (Fsp3) is 0.0833. The zero-order chi connectivity index (χ0) is 11.5. The number of halogens is 2. The maximum absolute atomic E-state index is 12.2. The highest BCUT2D eigenvalue weighted by atomic mass is 19.3. The smallest absolute Gasteiger partial charge is 0.387 e. The molecule has 80 valence electrons. The molecular weight excluding hydrogens is 212 g/mol. The van der Waals surface area contributed by atoms with Crippen molar-refractivity contribution in [1.29, 1.82) is 5.26 Å². The van der Waals surface area contributed by atoms with Gasteiger partial charge in [0.15, 0.2) is 5.75 Å². The molecule has 0 saturated carbocycles. The van der Waals surface area contributed by atoms with Crippen LogP contribution < -0.4 is 4.74 Å². The predicted octanol–water partition coefficient (Wildman–Crippen LogP) is 3.31. The number of nitriles is 1. The van der Waals surface area contributed by atoms with E-state index in [0.717, 1.165) is 5.39 Å². The number of benzene rings is 2. The summed E-state index contributed by atoms with van der Waals surface area (Å²) in [4.78, 5) is 0. The van der Waals surface area contributed by atoms with Crippen molar-refractivity contribution in [1.82, 2.24) is 0 Å². The highest BCUT2D eigenvalue weighted by Gasteiger charge is 2.12. The average Bonchev–Trinajstić information content (AvgIpc) is 2.29.